The molecule has 4 N–H and O–H groups in total. The molecule has 2 aromatic rings. The second kappa shape index (κ2) is 5.13. The number of nitrogens with zero attached hydrogens (tertiary/aromatic N) is 2. The number of hydrogen-bond acceptors (Lipinski definition) is 5. The Kier molecular flexibility index (Phi) is 3.67. The molecule has 0 amide bonds. The van der Waals surface area contributed by atoms with Crippen LogP contribution in [0.4, 0.5) is 11.6 Å². The van der Waals surface area contributed by atoms with E-state index in [-0.39, 0.29) is 5.56 Å². The molecule has 2 rings (SSSR count). The highest BCUT2D eigenvalue weighted by Gasteiger charge is 2.19. The quantitative estimate of drug-likeness (QED) is 0.727. The van der Waals surface area contributed by atoms with Crippen molar-refractivity contribution < 1.29 is 5.11 Å². The zero-order valence-electron chi connectivity index (χ0n) is 12.0. The summed E-state index contributed by atoms with van der Waals surface area (Å²) in [7, 11) is 0. The fourth-order valence-corrected chi connectivity index (χ4v) is 2.10. The first-order chi connectivity index (χ1) is 9.30. The Morgan fingerprint density at radius 1 is 1.45 bits per heavy atom. The van der Waals surface area contributed by atoms with E-state index in [0.717, 1.165) is 0 Å². The monoisotopic (exact) mass is 276 g/mol. The molecule has 0 aliphatic rings. The highest BCUT2D eigenvalue weighted by atomic mass is 16.3. The van der Waals surface area contributed by atoms with Gasteiger partial charge in [-0.3, -0.25) is 9.78 Å². The molecule has 0 fully saturated rings. The Morgan fingerprint density at radius 2 is 2.15 bits per heavy atom. The van der Waals surface area contributed by atoms with Crippen LogP contribution in [-0.4, -0.2) is 33.8 Å². The largest absolute Gasteiger partial charge is 0.399 e. The standard InChI is InChI=1S/C14H20N4O2/c1-4-18(8-14(2,3)20)13-16-11-6-5-9(15)7-10(11)12(19)17-13/h5-7,20H,4,8,15H2,1-3H3,(H,16,17,19). The predicted molar refractivity (Wildman–Crippen MR) is 81.0 cm³/mol. The van der Waals surface area contributed by atoms with E-state index < -0.39 is 5.60 Å². The third-order valence-electron chi connectivity index (χ3n) is 2.98. The van der Waals surface area contributed by atoms with E-state index in [1.165, 1.54) is 0 Å². The van der Waals surface area contributed by atoms with Crippen molar-refractivity contribution in [3.05, 3.63) is 28.6 Å². The van der Waals surface area contributed by atoms with E-state index in [2.05, 4.69) is 9.97 Å². The van der Waals surface area contributed by atoms with Gasteiger partial charge in [-0.1, -0.05) is 0 Å². The van der Waals surface area contributed by atoms with Gasteiger partial charge in [0.1, 0.15) is 0 Å². The number of likely N-dealkylation sites (N-methyl/N-ethyl adjacent to an activating group) is 1. The van der Waals surface area contributed by atoms with Crippen LogP contribution in [-0.2, 0) is 0 Å². The highest BCUT2D eigenvalue weighted by molar-refractivity contribution is 5.81. The summed E-state index contributed by atoms with van der Waals surface area (Å²) in [6.45, 7) is 6.39. The summed E-state index contributed by atoms with van der Waals surface area (Å²) in [5.41, 5.74) is 5.69. The molecule has 6 heteroatoms. The lowest BCUT2D eigenvalue weighted by atomic mass is 10.1. The Labute approximate surface area is 117 Å². The van der Waals surface area contributed by atoms with E-state index in [0.29, 0.717) is 35.6 Å². The van der Waals surface area contributed by atoms with Gasteiger partial charge in [-0.15, -0.1) is 0 Å². The summed E-state index contributed by atoms with van der Waals surface area (Å²) in [5.74, 6) is 0.455. The van der Waals surface area contributed by atoms with Crippen molar-refractivity contribution in [3.8, 4) is 0 Å². The number of aliphatic hydroxyl groups is 1. The summed E-state index contributed by atoms with van der Waals surface area (Å²) >= 11 is 0. The number of H-pyrrole nitrogens is 1. The lowest BCUT2D eigenvalue weighted by Crippen LogP contribution is -2.40. The van der Waals surface area contributed by atoms with E-state index in [4.69, 9.17) is 5.73 Å². The van der Waals surface area contributed by atoms with Gasteiger partial charge in [0.25, 0.3) is 5.56 Å². The summed E-state index contributed by atoms with van der Waals surface area (Å²) < 4.78 is 0. The SMILES string of the molecule is CCN(CC(C)(C)O)c1nc2ccc(N)cc2c(=O)[nH]1. The minimum absolute atomic E-state index is 0.230. The number of aromatic amines is 1. The first-order valence-corrected chi connectivity index (χ1v) is 6.57. The molecule has 108 valence electrons. The zero-order valence-corrected chi connectivity index (χ0v) is 12.0. The number of nitrogens with one attached hydrogen (secondary N) is 1. The first kappa shape index (κ1) is 14.3. The van der Waals surface area contributed by atoms with Crippen molar-refractivity contribution >= 4 is 22.5 Å². The summed E-state index contributed by atoms with van der Waals surface area (Å²) in [6, 6.07) is 5.05. The van der Waals surface area contributed by atoms with Crippen molar-refractivity contribution in [2.75, 3.05) is 23.7 Å². The van der Waals surface area contributed by atoms with Crippen LogP contribution in [0.15, 0.2) is 23.0 Å². The van der Waals surface area contributed by atoms with E-state index in [9.17, 15) is 9.90 Å². The molecule has 1 aromatic carbocycles. The molecule has 6 nitrogen and oxygen atoms in total. The van der Waals surface area contributed by atoms with Crippen molar-refractivity contribution in [2.45, 2.75) is 26.4 Å². The maximum atomic E-state index is 12.1. The molecule has 0 aliphatic heterocycles. The lowest BCUT2D eigenvalue weighted by Gasteiger charge is -2.28. The minimum atomic E-state index is -0.870. The molecule has 1 heterocycles. The molecule has 20 heavy (non-hydrogen) atoms. The summed E-state index contributed by atoms with van der Waals surface area (Å²) in [6.07, 6.45) is 0. The lowest BCUT2D eigenvalue weighted by molar-refractivity contribution is 0.0872. The van der Waals surface area contributed by atoms with Crippen molar-refractivity contribution in [2.24, 2.45) is 0 Å². The van der Waals surface area contributed by atoms with Crippen LogP contribution in [0.3, 0.4) is 0 Å². The highest BCUT2D eigenvalue weighted by Crippen LogP contribution is 2.16. The number of rotatable bonds is 4. The predicted octanol–water partition coefficient (Wildman–Crippen LogP) is 1.10. The third-order valence-corrected chi connectivity index (χ3v) is 2.98. The van der Waals surface area contributed by atoms with Crippen LogP contribution >= 0.6 is 0 Å². The van der Waals surface area contributed by atoms with Gasteiger partial charge in [0, 0.05) is 18.8 Å². The van der Waals surface area contributed by atoms with E-state index in [1.54, 1.807) is 32.0 Å². The Balaban J connectivity index is 2.49. The van der Waals surface area contributed by atoms with Gasteiger partial charge in [-0.05, 0) is 39.0 Å². The van der Waals surface area contributed by atoms with Gasteiger partial charge < -0.3 is 15.7 Å². The maximum Gasteiger partial charge on any atom is 0.260 e. The number of nitrogens with two attached hydrogens (primary N) is 1. The topological polar surface area (TPSA) is 95.2 Å². The molecular formula is C14H20N4O2. The molecule has 0 aliphatic carbocycles. The normalized spacial score (nSPS) is 11.8. The molecule has 0 unspecified atom stereocenters. The second-order valence-corrected chi connectivity index (χ2v) is 5.49. The molecule has 0 atom stereocenters. The van der Waals surface area contributed by atoms with Gasteiger partial charge in [0.05, 0.1) is 16.5 Å². The third kappa shape index (κ3) is 3.08. The molecule has 0 saturated carbocycles. The van der Waals surface area contributed by atoms with E-state index in [1.807, 2.05) is 11.8 Å². The Morgan fingerprint density at radius 3 is 2.75 bits per heavy atom. The zero-order chi connectivity index (χ0) is 14.9. The fourth-order valence-electron chi connectivity index (χ4n) is 2.10. The summed E-state index contributed by atoms with van der Waals surface area (Å²) in [4.78, 5) is 21.1. The molecule has 0 bridgehead atoms. The van der Waals surface area contributed by atoms with Crippen LogP contribution in [0.2, 0.25) is 0 Å². The molecule has 0 saturated heterocycles. The van der Waals surface area contributed by atoms with Gasteiger partial charge in [0.15, 0.2) is 0 Å². The smallest absolute Gasteiger partial charge is 0.260 e. The number of fused-ring (bicyclic) bond motifs is 1. The number of anilines is 2. The van der Waals surface area contributed by atoms with Crippen molar-refractivity contribution in [3.63, 3.8) is 0 Å². The molecular weight excluding hydrogens is 256 g/mol. The molecule has 1 aromatic heterocycles. The van der Waals surface area contributed by atoms with Crippen LogP contribution in [0.1, 0.15) is 20.8 Å². The van der Waals surface area contributed by atoms with Crippen LogP contribution in [0.5, 0.6) is 0 Å². The second-order valence-electron chi connectivity index (χ2n) is 5.49. The number of aromatic nitrogens is 2. The number of nitrogen functional groups attached to an aromatic ring is 1. The summed E-state index contributed by atoms with van der Waals surface area (Å²) in [5, 5.41) is 10.4. The van der Waals surface area contributed by atoms with E-state index >= 15 is 0 Å². The van der Waals surface area contributed by atoms with Gasteiger partial charge in [-0.2, -0.15) is 0 Å². The first-order valence-electron chi connectivity index (χ1n) is 6.57. The van der Waals surface area contributed by atoms with Crippen molar-refractivity contribution in [1.82, 2.24) is 9.97 Å². The molecule has 0 spiro atoms. The number of benzene rings is 1. The van der Waals surface area contributed by atoms with Crippen molar-refractivity contribution in [1.29, 1.82) is 0 Å². The van der Waals surface area contributed by atoms with Crippen LogP contribution in [0.25, 0.3) is 10.9 Å². The van der Waals surface area contributed by atoms with Gasteiger partial charge in [0.2, 0.25) is 5.95 Å². The van der Waals surface area contributed by atoms with Gasteiger partial charge in [-0.25, -0.2) is 4.98 Å². The Bertz CT molecular complexity index is 673. The van der Waals surface area contributed by atoms with Gasteiger partial charge >= 0.3 is 0 Å². The fraction of sp³-hybridized carbons (Fsp3) is 0.429. The number of hydrogen-bond donors (Lipinski definition) is 3. The van der Waals surface area contributed by atoms with Crippen LogP contribution in [0, 0.1) is 0 Å². The molecule has 0 radical (unpaired) electrons. The van der Waals surface area contributed by atoms with Crippen LogP contribution < -0.4 is 16.2 Å². The minimum Gasteiger partial charge on any atom is -0.399 e. The Hall–Kier alpha value is -2.08. The average molecular weight is 276 g/mol. The average Bonchev–Trinajstić information content (AvgIpc) is 2.35. The maximum absolute atomic E-state index is 12.1.